The minimum absolute atomic E-state index is 0.292. The van der Waals surface area contributed by atoms with Crippen molar-refractivity contribution in [2.45, 2.75) is 12.8 Å². The molecule has 5 nitrogen and oxygen atoms in total. The van der Waals surface area contributed by atoms with E-state index >= 15 is 0 Å². The molecule has 0 saturated heterocycles. The molecule has 0 spiro atoms. The molecule has 138 valence electrons. The second kappa shape index (κ2) is 8.11. The predicted molar refractivity (Wildman–Crippen MR) is 97.1 cm³/mol. The van der Waals surface area contributed by atoms with Crippen molar-refractivity contribution in [3.63, 3.8) is 0 Å². The van der Waals surface area contributed by atoms with E-state index in [-0.39, 0.29) is 5.75 Å². The monoisotopic (exact) mass is 390 g/mol. The maximum atomic E-state index is 12.2. The Labute approximate surface area is 158 Å². The molecule has 27 heavy (non-hydrogen) atoms. The summed E-state index contributed by atoms with van der Waals surface area (Å²) in [7, 11) is 0. The van der Waals surface area contributed by atoms with Gasteiger partial charge in [0.1, 0.15) is 12.1 Å². The van der Waals surface area contributed by atoms with Crippen molar-refractivity contribution >= 4 is 17.4 Å². The van der Waals surface area contributed by atoms with Gasteiger partial charge >= 0.3 is 6.36 Å². The van der Waals surface area contributed by atoms with Crippen LogP contribution in [0.5, 0.6) is 5.75 Å². The number of aromatic nitrogens is 3. The second-order valence-electron chi connectivity index (χ2n) is 5.47. The minimum atomic E-state index is -4.72. The van der Waals surface area contributed by atoms with Gasteiger partial charge in [-0.05, 0) is 48.5 Å². The molecule has 2 aromatic carbocycles. The van der Waals surface area contributed by atoms with Crippen molar-refractivity contribution in [1.82, 2.24) is 14.8 Å². The van der Waals surface area contributed by atoms with Crippen molar-refractivity contribution in [3.8, 4) is 22.8 Å². The van der Waals surface area contributed by atoms with Gasteiger partial charge in [0.25, 0.3) is 0 Å². The number of halogens is 3. The lowest BCUT2D eigenvalue weighted by Crippen LogP contribution is -2.17. The van der Waals surface area contributed by atoms with Gasteiger partial charge in [-0.2, -0.15) is 0 Å². The summed E-state index contributed by atoms with van der Waals surface area (Å²) in [6.07, 6.45) is -2.46. The van der Waals surface area contributed by atoms with Gasteiger partial charge in [0.05, 0.1) is 17.4 Å². The van der Waals surface area contributed by atoms with Gasteiger partial charge < -0.3 is 4.74 Å². The zero-order chi connectivity index (χ0) is 19.3. The SMILES string of the molecule is FC(F)(F)Oc1ccc(-n2cnc(-c3ccc(CCN=C=S)cc3)n2)cc1. The van der Waals surface area contributed by atoms with Gasteiger partial charge in [0.2, 0.25) is 0 Å². The van der Waals surface area contributed by atoms with Crippen LogP contribution in [0.15, 0.2) is 59.9 Å². The molecule has 0 N–H and O–H groups in total. The first-order chi connectivity index (χ1) is 12.9. The fraction of sp³-hybridized carbons (Fsp3) is 0.167. The molecule has 0 radical (unpaired) electrons. The molecule has 0 amide bonds. The molecule has 0 aliphatic heterocycles. The molecule has 3 rings (SSSR count). The molecule has 0 fully saturated rings. The van der Waals surface area contributed by atoms with Crippen LogP contribution >= 0.6 is 12.2 Å². The van der Waals surface area contributed by atoms with Gasteiger partial charge in [-0.15, -0.1) is 18.3 Å². The standard InChI is InChI=1S/C18H13F3N4OS/c19-18(20,21)26-16-7-5-15(6-8-16)25-11-23-17(24-25)14-3-1-13(2-4-14)9-10-22-12-27/h1-8,11H,9-10H2. The van der Waals surface area contributed by atoms with Crippen LogP contribution in [0, 0.1) is 0 Å². The van der Waals surface area contributed by atoms with Gasteiger partial charge in [0, 0.05) is 5.56 Å². The first kappa shape index (κ1) is 18.8. The minimum Gasteiger partial charge on any atom is -0.406 e. The first-order valence-electron chi connectivity index (χ1n) is 7.85. The average molecular weight is 390 g/mol. The van der Waals surface area contributed by atoms with E-state index in [0.717, 1.165) is 17.5 Å². The summed E-state index contributed by atoms with van der Waals surface area (Å²) in [5, 5.41) is 6.69. The summed E-state index contributed by atoms with van der Waals surface area (Å²) in [4.78, 5) is 8.12. The van der Waals surface area contributed by atoms with Crippen molar-refractivity contribution in [3.05, 3.63) is 60.4 Å². The highest BCUT2D eigenvalue weighted by molar-refractivity contribution is 7.78. The number of thiocarbonyl (C=S) groups is 1. The zero-order valence-corrected chi connectivity index (χ0v) is 14.7. The number of rotatable bonds is 6. The van der Waals surface area contributed by atoms with Crippen LogP contribution in [-0.4, -0.2) is 32.8 Å². The van der Waals surface area contributed by atoms with E-state index in [2.05, 4.69) is 37.2 Å². The van der Waals surface area contributed by atoms with Gasteiger partial charge in [-0.25, -0.2) is 14.7 Å². The van der Waals surface area contributed by atoms with Gasteiger partial charge in [-0.1, -0.05) is 24.3 Å². The van der Waals surface area contributed by atoms with E-state index in [9.17, 15) is 13.2 Å². The second-order valence-corrected chi connectivity index (χ2v) is 5.66. The predicted octanol–water partition coefficient (Wildman–Crippen LogP) is 4.48. The average Bonchev–Trinajstić information content (AvgIpc) is 3.12. The highest BCUT2D eigenvalue weighted by Gasteiger charge is 2.30. The van der Waals surface area contributed by atoms with E-state index in [1.807, 2.05) is 24.3 Å². The molecule has 3 aromatic rings. The van der Waals surface area contributed by atoms with Crippen molar-refractivity contribution < 1.29 is 17.9 Å². The third-order valence-corrected chi connectivity index (χ3v) is 3.74. The Hall–Kier alpha value is -3.03. The molecule has 1 heterocycles. The number of hydrogen-bond acceptors (Lipinski definition) is 5. The zero-order valence-electron chi connectivity index (χ0n) is 13.8. The van der Waals surface area contributed by atoms with Crippen LogP contribution in [-0.2, 0) is 6.42 Å². The molecule has 0 atom stereocenters. The lowest BCUT2D eigenvalue weighted by Gasteiger charge is -2.09. The van der Waals surface area contributed by atoms with Crippen LogP contribution in [0.3, 0.4) is 0 Å². The number of benzene rings is 2. The smallest absolute Gasteiger partial charge is 0.406 e. The Kier molecular flexibility index (Phi) is 5.63. The number of alkyl halides is 3. The molecular weight excluding hydrogens is 377 g/mol. The van der Waals surface area contributed by atoms with E-state index in [1.54, 1.807) is 0 Å². The summed E-state index contributed by atoms with van der Waals surface area (Å²) in [5.74, 6) is 0.217. The molecule has 0 unspecified atom stereocenters. The third-order valence-electron chi connectivity index (χ3n) is 3.62. The fourth-order valence-corrected chi connectivity index (χ4v) is 2.46. The Morgan fingerprint density at radius 1 is 1.07 bits per heavy atom. The van der Waals surface area contributed by atoms with Crippen LogP contribution < -0.4 is 4.74 Å². The maximum absolute atomic E-state index is 12.2. The molecule has 0 saturated carbocycles. The largest absolute Gasteiger partial charge is 0.573 e. The van der Waals surface area contributed by atoms with Crippen LogP contribution in [0.1, 0.15) is 5.56 Å². The van der Waals surface area contributed by atoms with Crippen molar-refractivity contribution in [1.29, 1.82) is 0 Å². The van der Waals surface area contributed by atoms with Crippen LogP contribution in [0.4, 0.5) is 13.2 Å². The van der Waals surface area contributed by atoms with Crippen LogP contribution in [0.25, 0.3) is 17.1 Å². The Morgan fingerprint density at radius 2 is 1.78 bits per heavy atom. The Bertz CT molecular complexity index is 946. The number of hydrogen-bond donors (Lipinski definition) is 0. The summed E-state index contributed by atoms with van der Waals surface area (Å²) >= 11 is 4.53. The normalized spacial score (nSPS) is 11.1. The van der Waals surface area contributed by atoms with Gasteiger partial charge in [0.15, 0.2) is 5.82 Å². The highest BCUT2D eigenvalue weighted by atomic mass is 32.1. The summed E-state index contributed by atoms with van der Waals surface area (Å²) in [6.45, 7) is 0.587. The van der Waals surface area contributed by atoms with Crippen molar-refractivity contribution in [2.75, 3.05) is 6.54 Å². The molecule has 9 heteroatoms. The molecule has 0 bridgehead atoms. The molecule has 1 aromatic heterocycles. The lowest BCUT2D eigenvalue weighted by molar-refractivity contribution is -0.274. The van der Waals surface area contributed by atoms with E-state index in [0.29, 0.717) is 18.1 Å². The number of ether oxygens (including phenoxy) is 1. The van der Waals surface area contributed by atoms with Crippen LogP contribution in [0.2, 0.25) is 0 Å². The first-order valence-corrected chi connectivity index (χ1v) is 8.26. The summed E-state index contributed by atoms with van der Waals surface area (Å²) in [6, 6.07) is 13.1. The third kappa shape index (κ3) is 5.22. The fourth-order valence-electron chi connectivity index (χ4n) is 2.37. The maximum Gasteiger partial charge on any atom is 0.573 e. The number of aliphatic imine (C=N–C) groups is 1. The van der Waals surface area contributed by atoms with E-state index in [4.69, 9.17) is 0 Å². The Morgan fingerprint density at radius 3 is 2.41 bits per heavy atom. The molecule has 0 aliphatic rings. The summed E-state index contributed by atoms with van der Waals surface area (Å²) < 4.78 is 42.0. The van der Waals surface area contributed by atoms with E-state index < -0.39 is 6.36 Å². The topological polar surface area (TPSA) is 52.3 Å². The summed E-state index contributed by atoms with van der Waals surface area (Å²) in [5.41, 5.74) is 2.50. The van der Waals surface area contributed by atoms with Crippen molar-refractivity contribution in [2.24, 2.45) is 4.99 Å². The highest BCUT2D eigenvalue weighted by Crippen LogP contribution is 2.24. The number of nitrogens with zero attached hydrogens (tertiary/aromatic N) is 4. The molecule has 0 aliphatic carbocycles. The molecular formula is C18H13F3N4OS. The van der Waals surface area contributed by atoms with E-state index in [1.165, 1.54) is 35.3 Å². The lowest BCUT2D eigenvalue weighted by atomic mass is 10.1. The Balaban J connectivity index is 1.71. The van der Waals surface area contributed by atoms with Gasteiger partial charge in [-0.3, -0.25) is 0 Å². The number of isothiocyanates is 1. The quantitative estimate of drug-likeness (QED) is 0.460.